The minimum atomic E-state index is -1.28. The highest BCUT2D eigenvalue weighted by Crippen LogP contribution is 2.32. The van der Waals surface area contributed by atoms with Gasteiger partial charge in [0.1, 0.15) is 5.75 Å². The number of aliphatic hydroxyl groups is 1. The summed E-state index contributed by atoms with van der Waals surface area (Å²) in [5, 5.41) is 10.1. The molecule has 0 radical (unpaired) electrons. The monoisotopic (exact) mass is 278 g/mol. The van der Waals surface area contributed by atoms with Crippen molar-refractivity contribution in [2.75, 3.05) is 13.7 Å². The van der Waals surface area contributed by atoms with Gasteiger partial charge in [-0.1, -0.05) is 6.42 Å². The third kappa shape index (κ3) is 3.12. The topological polar surface area (TPSA) is 55.8 Å². The van der Waals surface area contributed by atoms with Gasteiger partial charge >= 0.3 is 5.97 Å². The molecule has 1 aliphatic carbocycles. The van der Waals surface area contributed by atoms with Gasteiger partial charge in [0.15, 0.2) is 6.10 Å². The van der Waals surface area contributed by atoms with E-state index in [1.165, 1.54) is 24.0 Å². The Morgan fingerprint density at radius 3 is 2.50 bits per heavy atom. The number of fused-ring (bicyclic) bond motifs is 1. The smallest absolute Gasteiger partial charge is 0.339 e. The lowest BCUT2D eigenvalue weighted by Crippen LogP contribution is -2.16. The number of ether oxygens (including phenoxy) is 2. The molecule has 1 unspecified atom stereocenters. The Hall–Kier alpha value is -1.55. The molecule has 1 aliphatic rings. The number of methoxy groups -OCH3 is 1. The van der Waals surface area contributed by atoms with Gasteiger partial charge < -0.3 is 14.6 Å². The van der Waals surface area contributed by atoms with E-state index in [2.05, 4.69) is 0 Å². The molecule has 0 saturated heterocycles. The molecule has 1 aromatic carbocycles. The molecule has 110 valence electrons. The summed E-state index contributed by atoms with van der Waals surface area (Å²) in [7, 11) is 1.56. The Bertz CT molecular complexity index is 482. The van der Waals surface area contributed by atoms with Crippen molar-refractivity contribution in [3.63, 3.8) is 0 Å². The molecule has 1 atom stereocenters. The first-order chi connectivity index (χ1) is 9.67. The number of rotatable bonds is 4. The molecule has 2 rings (SSSR count). The van der Waals surface area contributed by atoms with Crippen LogP contribution in [-0.4, -0.2) is 24.8 Å². The summed E-state index contributed by atoms with van der Waals surface area (Å²) in [6.07, 6.45) is 4.28. The second kappa shape index (κ2) is 6.75. The molecular weight excluding hydrogens is 256 g/mol. The number of hydrogen-bond donors (Lipinski definition) is 1. The first-order valence-electron chi connectivity index (χ1n) is 7.21. The van der Waals surface area contributed by atoms with Crippen LogP contribution in [0.25, 0.3) is 0 Å². The van der Waals surface area contributed by atoms with Crippen LogP contribution in [-0.2, 0) is 22.4 Å². The molecule has 0 amide bonds. The third-order valence-corrected chi connectivity index (χ3v) is 3.75. The van der Waals surface area contributed by atoms with Crippen molar-refractivity contribution in [1.29, 1.82) is 0 Å². The van der Waals surface area contributed by atoms with Crippen molar-refractivity contribution < 1.29 is 19.4 Å². The van der Waals surface area contributed by atoms with E-state index < -0.39 is 12.1 Å². The van der Waals surface area contributed by atoms with Crippen LogP contribution < -0.4 is 4.74 Å². The number of carbonyl (C=O) groups is 1. The van der Waals surface area contributed by atoms with E-state index in [0.29, 0.717) is 11.3 Å². The average Bonchev–Trinajstić information content (AvgIpc) is 2.69. The van der Waals surface area contributed by atoms with E-state index in [4.69, 9.17) is 9.47 Å². The van der Waals surface area contributed by atoms with E-state index >= 15 is 0 Å². The van der Waals surface area contributed by atoms with Crippen molar-refractivity contribution >= 4 is 5.97 Å². The first kappa shape index (κ1) is 14.9. The largest absolute Gasteiger partial charge is 0.496 e. The van der Waals surface area contributed by atoms with Gasteiger partial charge in [-0.2, -0.15) is 0 Å². The van der Waals surface area contributed by atoms with Crippen LogP contribution in [0.2, 0.25) is 0 Å². The van der Waals surface area contributed by atoms with Crippen molar-refractivity contribution in [2.24, 2.45) is 0 Å². The van der Waals surface area contributed by atoms with E-state index in [1.54, 1.807) is 14.0 Å². The highest BCUT2D eigenvalue weighted by atomic mass is 16.5. The predicted octanol–water partition coefficient (Wildman–Crippen LogP) is 2.56. The molecule has 0 aliphatic heterocycles. The van der Waals surface area contributed by atoms with Gasteiger partial charge in [-0.25, -0.2) is 4.79 Å². The standard InChI is InChI=1S/C16H22O4/c1-3-20-16(18)15(17)13-9-11-7-5-4-6-8-12(11)10-14(13)19-2/h9-10,15,17H,3-8H2,1-2H3. The zero-order chi connectivity index (χ0) is 14.5. The van der Waals surface area contributed by atoms with Crippen LogP contribution in [0.15, 0.2) is 12.1 Å². The minimum absolute atomic E-state index is 0.253. The third-order valence-electron chi connectivity index (χ3n) is 3.75. The van der Waals surface area contributed by atoms with Gasteiger partial charge in [-0.3, -0.25) is 0 Å². The average molecular weight is 278 g/mol. The summed E-state index contributed by atoms with van der Waals surface area (Å²) in [6.45, 7) is 1.97. The van der Waals surface area contributed by atoms with Crippen LogP contribution in [0.1, 0.15) is 49.0 Å². The second-order valence-corrected chi connectivity index (χ2v) is 5.08. The highest BCUT2D eigenvalue weighted by molar-refractivity contribution is 5.77. The van der Waals surface area contributed by atoms with E-state index in [0.717, 1.165) is 19.3 Å². The number of esters is 1. The minimum Gasteiger partial charge on any atom is -0.496 e. The fourth-order valence-corrected chi connectivity index (χ4v) is 2.70. The van der Waals surface area contributed by atoms with Gasteiger partial charge in [0, 0.05) is 5.56 Å². The second-order valence-electron chi connectivity index (χ2n) is 5.08. The van der Waals surface area contributed by atoms with Crippen molar-refractivity contribution in [1.82, 2.24) is 0 Å². The maximum Gasteiger partial charge on any atom is 0.339 e. The van der Waals surface area contributed by atoms with E-state index in [1.807, 2.05) is 12.1 Å². The molecule has 0 heterocycles. The quantitative estimate of drug-likeness (QED) is 0.679. The Morgan fingerprint density at radius 1 is 1.25 bits per heavy atom. The molecule has 20 heavy (non-hydrogen) atoms. The number of hydrogen-bond acceptors (Lipinski definition) is 4. The maximum absolute atomic E-state index is 11.7. The van der Waals surface area contributed by atoms with Gasteiger partial charge in [-0.05, 0) is 55.9 Å². The summed E-state index contributed by atoms with van der Waals surface area (Å²) in [5.74, 6) is -0.0643. The van der Waals surface area contributed by atoms with Gasteiger partial charge in [0.2, 0.25) is 0 Å². The molecular formula is C16H22O4. The molecule has 0 bridgehead atoms. The fraction of sp³-hybridized carbons (Fsp3) is 0.562. The van der Waals surface area contributed by atoms with E-state index in [-0.39, 0.29) is 6.61 Å². The van der Waals surface area contributed by atoms with Crippen LogP contribution in [0.3, 0.4) is 0 Å². The molecule has 0 saturated carbocycles. The van der Waals surface area contributed by atoms with E-state index in [9.17, 15) is 9.90 Å². The normalized spacial score (nSPS) is 15.9. The molecule has 1 N–H and O–H groups in total. The molecule has 0 aromatic heterocycles. The van der Waals surface area contributed by atoms with Crippen molar-refractivity contribution in [2.45, 2.75) is 45.1 Å². The SMILES string of the molecule is CCOC(=O)C(O)c1cc2c(cc1OC)CCCCC2. The lowest BCUT2D eigenvalue weighted by atomic mass is 9.96. The number of benzene rings is 1. The Labute approximate surface area is 119 Å². The molecule has 0 fully saturated rings. The molecule has 1 aromatic rings. The number of carbonyl (C=O) groups excluding carboxylic acids is 1. The van der Waals surface area contributed by atoms with Crippen LogP contribution >= 0.6 is 0 Å². The zero-order valence-electron chi connectivity index (χ0n) is 12.1. The lowest BCUT2D eigenvalue weighted by Gasteiger charge is -2.17. The van der Waals surface area contributed by atoms with Gasteiger partial charge in [0.25, 0.3) is 0 Å². The van der Waals surface area contributed by atoms with Gasteiger partial charge in [0.05, 0.1) is 13.7 Å². The molecule has 4 heteroatoms. The van der Waals surface area contributed by atoms with Crippen LogP contribution in [0, 0.1) is 0 Å². The lowest BCUT2D eigenvalue weighted by molar-refractivity contribution is -0.153. The van der Waals surface area contributed by atoms with Gasteiger partial charge in [-0.15, -0.1) is 0 Å². The van der Waals surface area contributed by atoms with Crippen LogP contribution in [0.5, 0.6) is 5.75 Å². The summed E-state index contributed by atoms with van der Waals surface area (Å²) < 4.78 is 10.2. The maximum atomic E-state index is 11.7. The van der Waals surface area contributed by atoms with Crippen molar-refractivity contribution in [3.05, 3.63) is 28.8 Å². The Kier molecular flexibility index (Phi) is 5.01. The Balaban J connectivity index is 2.36. The summed E-state index contributed by atoms with van der Waals surface area (Å²) in [4.78, 5) is 11.7. The summed E-state index contributed by atoms with van der Waals surface area (Å²) in [6, 6.07) is 3.86. The first-order valence-corrected chi connectivity index (χ1v) is 7.21. The zero-order valence-corrected chi connectivity index (χ0v) is 12.1. The summed E-state index contributed by atoms with van der Waals surface area (Å²) >= 11 is 0. The number of aliphatic hydroxyl groups excluding tert-OH is 1. The highest BCUT2D eigenvalue weighted by Gasteiger charge is 2.24. The molecule has 4 nitrogen and oxygen atoms in total. The number of aryl methyl sites for hydroxylation is 2. The van der Waals surface area contributed by atoms with Crippen LogP contribution in [0.4, 0.5) is 0 Å². The predicted molar refractivity (Wildman–Crippen MR) is 75.8 cm³/mol. The van der Waals surface area contributed by atoms with Crippen molar-refractivity contribution in [3.8, 4) is 5.75 Å². The fourth-order valence-electron chi connectivity index (χ4n) is 2.70. The Morgan fingerprint density at radius 2 is 1.90 bits per heavy atom. The summed E-state index contributed by atoms with van der Waals surface area (Å²) in [5.41, 5.74) is 2.98. The molecule has 0 spiro atoms.